The van der Waals surface area contributed by atoms with Gasteiger partial charge in [0.1, 0.15) is 0 Å². The second-order valence-corrected chi connectivity index (χ2v) is 4.30. The summed E-state index contributed by atoms with van der Waals surface area (Å²) in [6.07, 6.45) is -2.63. The van der Waals surface area contributed by atoms with Gasteiger partial charge >= 0.3 is 0 Å². The van der Waals surface area contributed by atoms with Crippen LogP contribution < -0.4 is 0 Å². The Morgan fingerprint density at radius 1 is 0.765 bits per heavy atom. The first-order chi connectivity index (χ1) is 8.11. The lowest BCUT2D eigenvalue weighted by Gasteiger charge is -2.12. The van der Waals surface area contributed by atoms with Crippen molar-refractivity contribution in [3.8, 4) is 11.1 Å². The van der Waals surface area contributed by atoms with E-state index in [1.807, 2.05) is 0 Å². The Morgan fingerprint density at radius 3 is 2.00 bits per heavy atom. The van der Waals surface area contributed by atoms with Crippen LogP contribution in [0, 0.1) is 0 Å². The van der Waals surface area contributed by atoms with Gasteiger partial charge in [0.15, 0.2) is 0 Å². The molecule has 0 spiro atoms. The van der Waals surface area contributed by atoms with Gasteiger partial charge in [0, 0.05) is 16.1 Å². The second-order valence-electron chi connectivity index (χ2n) is 3.48. The highest BCUT2D eigenvalue weighted by Crippen LogP contribution is 2.38. The van der Waals surface area contributed by atoms with Crippen molar-refractivity contribution in [3.05, 3.63) is 58.1 Å². The van der Waals surface area contributed by atoms with E-state index in [-0.39, 0.29) is 10.6 Å². The number of hydrogen-bond donors (Lipinski definition) is 0. The fourth-order valence-electron chi connectivity index (χ4n) is 1.67. The Kier molecular flexibility index (Phi) is 3.65. The molecule has 0 saturated carbocycles. The molecular formula is C13H8Cl2F2. The lowest BCUT2D eigenvalue weighted by atomic mass is 10.00. The molecule has 0 radical (unpaired) electrons. The van der Waals surface area contributed by atoms with E-state index in [1.54, 1.807) is 36.4 Å². The molecule has 0 aliphatic heterocycles. The van der Waals surface area contributed by atoms with Crippen molar-refractivity contribution >= 4 is 23.2 Å². The van der Waals surface area contributed by atoms with Crippen molar-refractivity contribution in [1.29, 1.82) is 0 Å². The summed E-state index contributed by atoms with van der Waals surface area (Å²) in [6, 6.07) is 11.5. The van der Waals surface area contributed by atoms with E-state index in [4.69, 9.17) is 23.2 Å². The molecule has 2 rings (SSSR count). The van der Waals surface area contributed by atoms with Gasteiger partial charge in [-0.2, -0.15) is 0 Å². The van der Waals surface area contributed by atoms with Crippen molar-refractivity contribution in [2.45, 2.75) is 6.43 Å². The molecular weight excluding hydrogens is 265 g/mol. The summed E-state index contributed by atoms with van der Waals surface area (Å²) >= 11 is 11.8. The fraction of sp³-hybridized carbons (Fsp3) is 0.0769. The molecule has 4 heteroatoms. The van der Waals surface area contributed by atoms with Crippen LogP contribution in [0.5, 0.6) is 0 Å². The SMILES string of the molecule is FC(F)c1c(Cl)cccc1-c1ccccc1Cl. The van der Waals surface area contributed by atoms with Crippen LogP contribution in [0.4, 0.5) is 8.78 Å². The highest BCUT2D eigenvalue weighted by atomic mass is 35.5. The van der Waals surface area contributed by atoms with Crippen LogP contribution >= 0.6 is 23.2 Å². The summed E-state index contributed by atoms with van der Waals surface area (Å²) in [6.45, 7) is 0. The van der Waals surface area contributed by atoms with Crippen molar-refractivity contribution < 1.29 is 8.78 Å². The lowest BCUT2D eigenvalue weighted by molar-refractivity contribution is 0.152. The van der Waals surface area contributed by atoms with Gasteiger partial charge in [-0.15, -0.1) is 0 Å². The first kappa shape index (κ1) is 12.3. The number of alkyl halides is 2. The van der Waals surface area contributed by atoms with E-state index in [2.05, 4.69) is 0 Å². The summed E-state index contributed by atoms with van der Waals surface area (Å²) in [5.41, 5.74) is 0.757. The smallest absolute Gasteiger partial charge is 0.205 e. The van der Waals surface area contributed by atoms with Crippen LogP contribution in [0.15, 0.2) is 42.5 Å². The van der Waals surface area contributed by atoms with Crippen molar-refractivity contribution in [1.82, 2.24) is 0 Å². The summed E-state index contributed by atoms with van der Waals surface area (Å²) < 4.78 is 26.0. The van der Waals surface area contributed by atoms with Gasteiger partial charge in [0.2, 0.25) is 0 Å². The molecule has 0 saturated heterocycles. The van der Waals surface area contributed by atoms with Gasteiger partial charge < -0.3 is 0 Å². The van der Waals surface area contributed by atoms with Crippen LogP contribution in [0.2, 0.25) is 10.0 Å². The first-order valence-electron chi connectivity index (χ1n) is 4.92. The molecule has 0 amide bonds. The molecule has 0 aliphatic carbocycles. The van der Waals surface area contributed by atoms with Crippen LogP contribution in [-0.4, -0.2) is 0 Å². The van der Waals surface area contributed by atoms with Crippen molar-refractivity contribution in [2.24, 2.45) is 0 Å². The Hall–Kier alpha value is -1.12. The zero-order valence-corrected chi connectivity index (χ0v) is 10.1. The van der Waals surface area contributed by atoms with Crippen LogP contribution in [0.25, 0.3) is 11.1 Å². The van der Waals surface area contributed by atoms with Gasteiger partial charge in [0.05, 0.1) is 5.02 Å². The molecule has 0 N–H and O–H groups in total. The minimum absolute atomic E-state index is 0.0532. The van der Waals surface area contributed by atoms with E-state index in [9.17, 15) is 8.78 Å². The molecule has 2 aromatic carbocycles. The molecule has 88 valence electrons. The van der Waals surface area contributed by atoms with Crippen LogP contribution in [-0.2, 0) is 0 Å². The standard InChI is InChI=1S/C13H8Cl2F2/c14-10-6-2-1-4-8(10)9-5-3-7-11(15)12(9)13(16)17/h1-7,13H. The number of rotatable bonds is 2. The molecule has 17 heavy (non-hydrogen) atoms. The highest BCUT2D eigenvalue weighted by Gasteiger charge is 2.18. The van der Waals surface area contributed by atoms with Gasteiger partial charge in [-0.05, 0) is 17.7 Å². The quantitative estimate of drug-likeness (QED) is 0.668. The van der Waals surface area contributed by atoms with E-state index >= 15 is 0 Å². The third-order valence-electron chi connectivity index (χ3n) is 2.44. The second kappa shape index (κ2) is 5.03. The molecule has 0 aromatic heterocycles. The van der Waals surface area contributed by atoms with E-state index in [1.165, 1.54) is 6.07 Å². The maximum absolute atomic E-state index is 13.0. The average molecular weight is 273 g/mol. The molecule has 0 heterocycles. The van der Waals surface area contributed by atoms with Gasteiger partial charge in [0.25, 0.3) is 6.43 Å². The zero-order chi connectivity index (χ0) is 12.4. The minimum Gasteiger partial charge on any atom is -0.205 e. The van der Waals surface area contributed by atoms with Crippen molar-refractivity contribution in [3.63, 3.8) is 0 Å². The Labute approximate surface area is 108 Å². The molecule has 0 fully saturated rings. The summed E-state index contributed by atoms with van der Waals surface area (Å²) in [4.78, 5) is 0. The normalized spacial score (nSPS) is 10.9. The lowest BCUT2D eigenvalue weighted by Crippen LogP contribution is -1.92. The predicted octanol–water partition coefficient (Wildman–Crippen LogP) is 5.60. The zero-order valence-electron chi connectivity index (χ0n) is 8.63. The van der Waals surface area contributed by atoms with Gasteiger partial charge in [-0.1, -0.05) is 53.5 Å². The summed E-state index contributed by atoms with van der Waals surface area (Å²) in [7, 11) is 0. The van der Waals surface area contributed by atoms with Crippen LogP contribution in [0.1, 0.15) is 12.0 Å². The minimum atomic E-state index is -2.63. The average Bonchev–Trinajstić information content (AvgIpc) is 2.28. The fourth-order valence-corrected chi connectivity index (χ4v) is 2.17. The topological polar surface area (TPSA) is 0 Å². The molecule has 0 aliphatic rings. The number of halogens is 4. The van der Waals surface area contributed by atoms with Gasteiger partial charge in [-0.3, -0.25) is 0 Å². The van der Waals surface area contributed by atoms with Gasteiger partial charge in [-0.25, -0.2) is 8.78 Å². The van der Waals surface area contributed by atoms with E-state index in [0.29, 0.717) is 16.1 Å². The predicted molar refractivity (Wildman–Crippen MR) is 66.9 cm³/mol. The first-order valence-corrected chi connectivity index (χ1v) is 5.68. The summed E-state index contributed by atoms with van der Waals surface area (Å²) in [5.74, 6) is 0. The Bertz CT molecular complexity index is 539. The van der Waals surface area contributed by atoms with Crippen molar-refractivity contribution in [2.75, 3.05) is 0 Å². The Morgan fingerprint density at radius 2 is 1.35 bits per heavy atom. The third kappa shape index (κ3) is 2.43. The monoisotopic (exact) mass is 272 g/mol. The van der Waals surface area contributed by atoms with E-state index in [0.717, 1.165) is 0 Å². The number of hydrogen-bond acceptors (Lipinski definition) is 0. The largest absolute Gasteiger partial charge is 0.265 e. The molecule has 2 aromatic rings. The third-order valence-corrected chi connectivity index (χ3v) is 3.09. The Balaban J connectivity index is 2.68. The highest BCUT2D eigenvalue weighted by molar-refractivity contribution is 6.34. The molecule has 0 bridgehead atoms. The molecule has 0 atom stereocenters. The maximum atomic E-state index is 13.0. The van der Waals surface area contributed by atoms with Crippen LogP contribution in [0.3, 0.4) is 0 Å². The molecule has 0 nitrogen and oxygen atoms in total. The number of benzene rings is 2. The maximum Gasteiger partial charge on any atom is 0.265 e. The molecule has 0 unspecified atom stereocenters. The van der Waals surface area contributed by atoms with E-state index < -0.39 is 6.43 Å². The summed E-state index contributed by atoms with van der Waals surface area (Å²) in [5, 5.41) is 0.481.